The highest BCUT2D eigenvalue weighted by molar-refractivity contribution is 7.10. The van der Waals surface area contributed by atoms with Crippen LogP contribution in [0, 0.1) is 0 Å². The van der Waals surface area contributed by atoms with Gasteiger partial charge in [0, 0.05) is 11.1 Å². The van der Waals surface area contributed by atoms with E-state index in [9.17, 15) is 4.79 Å². The fourth-order valence-corrected chi connectivity index (χ4v) is 2.21. The van der Waals surface area contributed by atoms with Crippen LogP contribution < -0.4 is 10.1 Å². The summed E-state index contributed by atoms with van der Waals surface area (Å²) in [5.74, 6) is 0.394. The number of hydrogen-bond donors (Lipinski definition) is 1. The Hall–Kier alpha value is -1.88. The van der Waals surface area contributed by atoms with Crippen molar-refractivity contribution in [2.24, 2.45) is 0 Å². The Bertz CT molecular complexity index is 511. The van der Waals surface area contributed by atoms with Gasteiger partial charge in [0.05, 0.1) is 13.0 Å². The molecule has 0 aromatic carbocycles. The van der Waals surface area contributed by atoms with Gasteiger partial charge in [0.15, 0.2) is 0 Å². The zero-order valence-electron chi connectivity index (χ0n) is 10.1. The van der Waals surface area contributed by atoms with Gasteiger partial charge in [-0.3, -0.25) is 4.79 Å². The second-order valence-electron chi connectivity index (χ2n) is 3.59. The van der Waals surface area contributed by atoms with Crippen molar-refractivity contribution in [3.05, 3.63) is 40.7 Å². The molecule has 5 heteroatoms. The molecule has 0 bridgehead atoms. The maximum absolute atomic E-state index is 11.8. The van der Waals surface area contributed by atoms with Gasteiger partial charge in [-0.1, -0.05) is 6.07 Å². The zero-order valence-corrected chi connectivity index (χ0v) is 10.9. The van der Waals surface area contributed by atoms with Gasteiger partial charge in [-0.2, -0.15) is 0 Å². The third kappa shape index (κ3) is 3.30. The van der Waals surface area contributed by atoms with E-state index in [0.29, 0.717) is 24.6 Å². The van der Waals surface area contributed by atoms with Gasteiger partial charge in [-0.15, -0.1) is 11.3 Å². The summed E-state index contributed by atoms with van der Waals surface area (Å²) in [6.45, 7) is 2.40. The van der Waals surface area contributed by atoms with Gasteiger partial charge in [-0.25, -0.2) is 4.98 Å². The standard InChI is InChI=1S/C13H14N2O2S/c1-2-17-13-11(6-3-7-14-13)15-12(16)9-10-5-4-8-18-10/h3-8H,2,9H2,1H3,(H,15,16). The highest BCUT2D eigenvalue weighted by atomic mass is 32.1. The van der Waals surface area contributed by atoms with Crippen LogP contribution in [-0.2, 0) is 11.2 Å². The van der Waals surface area contributed by atoms with Crippen LogP contribution in [0.4, 0.5) is 5.69 Å². The number of pyridine rings is 1. The number of aromatic nitrogens is 1. The van der Waals surface area contributed by atoms with E-state index in [-0.39, 0.29) is 5.91 Å². The van der Waals surface area contributed by atoms with E-state index in [1.54, 1.807) is 29.7 Å². The summed E-state index contributed by atoms with van der Waals surface area (Å²) in [7, 11) is 0. The molecule has 0 fully saturated rings. The molecule has 2 rings (SSSR count). The predicted octanol–water partition coefficient (Wildman–Crippen LogP) is 2.72. The molecule has 0 aliphatic carbocycles. The lowest BCUT2D eigenvalue weighted by Crippen LogP contribution is -2.15. The molecule has 0 saturated heterocycles. The maximum Gasteiger partial charge on any atom is 0.237 e. The average molecular weight is 262 g/mol. The normalized spacial score (nSPS) is 10.1. The molecule has 0 radical (unpaired) electrons. The Morgan fingerprint density at radius 3 is 3.06 bits per heavy atom. The second kappa shape index (κ2) is 6.16. The number of nitrogens with zero attached hydrogens (tertiary/aromatic N) is 1. The van der Waals surface area contributed by atoms with Crippen molar-refractivity contribution in [2.45, 2.75) is 13.3 Å². The monoisotopic (exact) mass is 262 g/mol. The molecular weight excluding hydrogens is 248 g/mol. The molecule has 1 N–H and O–H groups in total. The molecule has 0 spiro atoms. The fraction of sp³-hybridized carbons (Fsp3) is 0.231. The third-order valence-electron chi connectivity index (χ3n) is 2.24. The van der Waals surface area contributed by atoms with Crippen molar-refractivity contribution < 1.29 is 9.53 Å². The fourth-order valence-electron chi connectivity index (χ4n) is 1.50. The third-order valence-corrected chi connectivity index (χ3v) is 3.12. The molecule has 1 amide bonds. The van der Waals surface area contributed by atoms with Crippen LogP contribution in [0.3, 0.4) is 0 Å². The number of amides is 1. The maximum atomic E-state index is 11.8. The summed E-state index contributed by atoms with van der Waals surface area (Å²) in [4.78, 5) is 17.0. The molecule has 2 aromatic heterocycles. The summed E-state index contributed by atoms with van der Waals surface area (Å²) < 4.78 is 5.35. The number of nitrogens with one attached hydrogen (secondary N) is 1. The van der Waals surface area contributed by atoms with Crippen LogP contribution in [-0.4, -0.2) is 17.5 Å². The topological polar surface area (TPSA) is 51.2 Å². The summed E-state index contributed by atoms with van der Waals surface area (Å²) in [5, 5.41) is 4.77. The van der Waals surface area contributed by atoms with Crippen LogP contribution >= 0.6 is 11.3 Å². The Morgan fingerprint density at radius 2 is 2.33 bits per heavy atom. The molecule has 0 aliphatic heterocycles. The number of carbonyl (C=O) groups is 1. The van der Waals surface area contributed by atoms with Crippen LogP contribution in [0.1, 0.15) is 11.8 Å². The van der Waals surface area contributed by atoms with Crippen LogP contribution in [0.15, 0.2) is 35.8 Å². The minimum Gasteiger partial charge on any atom is -0.476 e. The summed E-state index contributed by atoms with van der Waals surface area (Å²) in [6, 6.07) is 7.42. The van der Waals surface area contributed by atoms with Crippen molar-refractivity contribution >= 4 is 22.9 Å². The van der Waals surface area contributed by atoms with E-state index in [0.717, 1.165) is 4.88 Å². The van der Waals surface area contributed by atoms with E-state index in [1.807, 2.05) is 24.4 Å². The predicted molar refractivity (Wildman–Crippen MR) is 72.1 cm³/mol. The summed E-state index contributed by atoms with van der Waals surface area (Å²) >= 11 is 1.57. The zero-order chi connectivity index (χ0) is 12.8. The average Bonchev–Trinajstić information content (AvgIpc) is 2.84. The van der Waals surface area contributed by atoms with Gasteiger partial charge in [-0.05, 0) is 30.5 Å². The molecule has 0 atom stereocenters. The SMILES string of the molecule is CCOc1ncccc1NC(=O)Cc1cccs1. The molecule has 0 saturated carbocycles. The first kappa shape index (κ1) is 12.6. The molecule has 94 valence electrons. The largest absolute Gasteiger partial charge is 0.476 e. The minimum absolute atomic E-state index is 0.0635. The van der Waals surface area contributed by atoms with Crippen molar-refractivity contribution in [1.29, 1.82) is 0 Å². The Balaban J connectivity index is 2.02. The van der Waals surface area contributed by atoms with Crippen molar-refractivity contribution in [3.63, 3.8) is 0 Å². The highest BCUT2D eigenvalue weighted by Crippen LogP contribution is 2.21. The van der Waals surface area contributed by atoms with E-state index >= 15 is 0 Å². The highest BCUT2D eigenvalue weighted by Gasteiger charge is 2.09. The van der Waals surface area contributed by atoms with E-state index in [1.165, 1.54) is 0 Å². The first-order valence-electron chi connectivity index (χ1n) is 5.69. The molecule has 4 nitrogen and oxygen atoms in total. The minimum atomic E-state index is -0.0635. The first-order chi connectivity index (χ1) is 8.79. The van der Waals surface area contributed by atoms with Crippen molar-refractivity contribution in [1.82, 2.24) is 4.98 Å². The van der Waals surface area contributed by atoms with E-state index < -0.39 is 0 Å². The lowest BCUT2D eigenvalue weighted by atomic mass is 10.3. The number of ether oxygens (including phenoxy) is 1. The molecule has 18 heavy (non-hydrogen) atoms. The summed E-state index contributed by atoms with van der Waals surface area (Å²) in [6.07, 6.45) is 2.01. The van der Waals surface area contributed by atoms with Gasteiger partial charge >= 0.3 is 0 Å². The summed E-state index contributed by atoms with van der Waals surface area (Å²) in [5.41, 5.74) is 0.612. The number of anilines is 1. The Kier molecular flexibility index (Phi) is 4.30. The number of carbonyl (C=O) groups excluding carboxylic acids is 1. The number of rotatable bonds is 5. The van der Waals surface area contributed by atoms with Crippen molar-refractivity contribution in [3.8, 4) is 5.88 Å². The van der Waals surface area contributed by atoms with Crippen LogP contribution in [0.25, 0.3) is 0 Å². The molecular formula is C13H14N2O2S. The van der Waals surface area contributed by atoms with E-state index in [4.69, 9.17) is 4.74 Å². The van der Waals surface area contributed by atoms with Crippen LogP contribution in [0.2, 0.25) is 0 Å². The lowest BCUT2D eigenvalue weighted by Gasteiger charge is -2.09. The van der Waals surface area contributed by atoms with Crippen molar-refractivity contribution in [2.75, 3.05) is 11.9 Å². The Labute approximate surface area is 110 Å². The lowest BCUT2D eigenvalue weighted by molar-refractivity contribution is -0.115. The van der Waals surface area contributed by atoms with Gasteiger partial charge in [0.2, 0.25) is 11.8 Å². The van der Waals surface area contributed by atoms with Gasteiger partial charge in [0.1, 0.15) is 5.69 Å². The molecule has 0 unspecified atom stereocenters. The molecule has 2 aromatic rings. The molecule has 2 heterocycles. The Morgan fingerprint density at radius 1 is 1.44 bits per heavy atom. The van der Waals surface area contributed by atoms with Gasteiger partial charge < -0.3 is 10.1 Å². The second-order valence-corrected chi connectivity index (χ2v) is 4.63. The van der Waals surface area contributed by atoms with E-state index in [2.05, 4.69) is 10.3 Å². The number of hydrogen-bond acceptors (Lipinski definition) is 4. The van der Waals surface area contributed by atoms with Gasteiger partial charge in [0.25, 0.3) is 0 Å². The first-order valence-corrected chi connectivity index (χ1v) is 6.57. The molecule has 0 aliphatic rings. The smallest absolute Gasteiger partial charge is 0.237 e. The number of thiophene rings is 1. The quantitative estimate of drug-likeness (QED) is 0.901. The van der Waals surface area contributed by atoms with Crippen LogP contribution in [0.5, 0.6) is 5.88 Å².